The van der Waals surface area contributed by atoms with Crippen molar-refractivity contribution in [2.75, 3.05) is 32.1 Å². The molecule has 1 saturated heterocycles. The molecule has 1 saturated carbocycles. The molecular weight excluding hydrogens is 377 g/mol. The molecule has 8 nitrogen and oxygen atoms in total. The van der Waals surface area contributed by atoms with E-state index in [9.17, 15) is 9.59 Å². The Labute approximate surface area is 166 Å². The number of nitrogens with one attached hydrogen (secondary N) is 2. The highest BCUT2D eigenvalue weighted by atomic mass is 19.1. The minimum absolute atomic E-state index is 0.00955. The van der Waals surface area contributed by atoms with Crippen LogP contribution in [0.1, 0.15) is 31.7 Å². The molecule has 2 N–H and O–H groups in total. The largest absolute Gasteiger partial charge is 0.492 e. The van der Waals surface area contributed by atoms with E-state index >= 15 is 4.39 Å². The number of aromatic nitrogens is 2. The zero-order chi connectivity index (χ0) is 20.7. The highest BCUT2D eigenvalue weighted by molar-refractivity contribution is 5.91. The molecule has 0 amide bonds. The molecule has 4 rings (SSSR count). The number of methoxy groups -OCH3 is 1. The van der Waals surface area contributed by atoms with E-state index in [0.29, 0.717) is 25.0 Å². The van der Waals surface area contributed by atoms with Crippen molar-refractivity contribution in [2.24, 2.45) is 5.92 Å². The molecule has 29 heavy (non-hydrogen) atoms. The number of hydrogen-bond acceptors (Lipinski definition) is 6. The van der Waals surface area contributed by atoms with Gasteiger partial charge in [-0.15, -0.1) is 0 Å². The van der Waals surface area contributed by atoms with Crippen LogP contribution in [0.4, 0.5) is 10.1 Å². The maximum atomic E-state index is 15.2. The minimum Gasteiger partial charge on any atom is -0.492 e. The van der Waals surface area contributed by atoms with Crippen LogP contribution in [0.25, 0.3) is 10.9 Å². The zero-order valence-electron chi connectivity index (χ0n) is 16.5. The van der Waals surface area contributed by atoms with Gasteiger partial charge in [-0.2, -0.15) is 5.26 Å². The summed E-state index contributed by atoms with van der Waals surface area (Å²) in [5.74, 6) is -0.149. The Hall–Kier alpha value is -2.86. The third-order valence-corrected chi connectivity index (χ3v) is 6.02. The lowest BCUT2D eigenvalue weighted by Crippen LogP contribution is -2.35. The van der Waals surface area contributed by atoms with Crippen LogP contribution in [0, 0.1) is 23.1 Å². The molecule has 2 fully saturated rings. The molecule has 0 radical (unpaired) electrons. The summed E-state index contributed by atoms with van der Waals surface area (Å²) >= 11 is 0. The summed E-state index contributed by atoms with van der Waals surface area (Å²) in [5, 5.41) is 12.3. The first-order valence-electron chi connectivity index (χ1n) is 9.84. The number of halogens is 1. The summed E-state index contributed by atoms with van der Waals surface area (Å²) in [6.45, 7) is 1.16. The first kappa shape index (κ1) is 19.5. The summed E-state index contributed by atoms with van der Waals surface area (Å²) in [6.07, 6.45) is 2.85. The van der Waals surface area contributed by atoms with E-state index in [-0.39, 0.29) is 34.8 Å². The van der Waals surface area contributed by atoms with E-state index in [1.165, 1.54) is 17.7 Å². The van der Waals surface area contributed by atoms with Gasteiger partial charge >= 0.3 is 5.69 Å². The van der Waals surface area contributed by atoms with Gasteiger partial charge in [-0.25, -0.2) is 9.18 Å². The Morgan fingerprint density at radius 2 is 2.17 bits per heavy atom. The molecule has 2 aromatic rings. The van der Waals surface area contributed by atoms with Crippen LogP contribution in [0.3, 0.4) is 0 Å². The topological polar surface area (TPSA) is 103 Å². The summed E-state index contributed by atoms with van der Waals surface area (Å²) in [7, 11) is 3.25. The van der Waals surface area contributed by atoms with Gasteiger partial charge in [0.1, 0.15) is 11.2 Å². The van der Waals surface area contributed by atoms with Gasteiger partial charge in [0.2, 0.25) is 0 Å². The molecular formula is C20H24FN5O3. The van der Waals surface area contributed by atoms with Crippen molar-refractivity contribution in [3.05, 3.63) is 32.7 Å². The molecule has 0 bridgehead atoms. The van der Waals surface area contributed by atoms with E-state index in [1.807, 2.05) is 11.9 Å². The average Bonchev–Trinajstić information content (AvgIpc) is 3.42. The van der Waals surface area contributed by atoms with E-state index in [1.54, 1.807) is 0 Å². The summed E-state index contributed by atoms with van der Waals surface area (Å²) in [4.78, 5) is 29.0. The van der Waals surface area contributed by atoms with Crippen molar-refractivity contribution in [2.45, 2.75) is 37.8 Å². The zero-order valence-corrected chi connectivity index (χ0v) is 16.5. The SMILES string of the molecule is CNC(CC#N)C1CCN(c2c(F)cc3c(=O)[nH]c(=O)n(C4CC4)c3c2OC)C1. The van der Waals surface area contributed by atoms with Gasteiger partial charge in [0.25, 0.3) is 5.56 Å². The van der Waals surface area contributed by atoms with Crippen LogP contribution < -0.4 is 26.2 Å². The minimum atomic E-state index is -0.616. The molecule has 0 spiro atoms. The van der Waals surface area contributed by atoms with Gasteiger partial charge in [0, 0.05) is 25.2 Å². The van der Waals surface area contributed by atoms with Crippen LogP contribution >= 0.6 is 0 Å². The lowest BCUT2D eigenvalue weighted by atomic mass is 9.97. The fourth-order valence-electron chi connectivity index (χ4n) is 4.44. The number of H-pyrrole nitrogens is 1. The monoisotopic (exact) mass is 401 g/mol. The molecule has 1 aliphatic heterocycles. The Morgan fingerprint density at radius 1 is 1.41 bits per heavy atom. The van der Waals surface area contributed by atoms with E-state index in [0.717, 1.165) is 19.3 Å². The van der Waals surface area contributed by atoms with Crippen molar-refractivity contribution in [3.63, 3.8) is 0 Å². The Morgan fingerprint density at radius 3 is 2.79 bits per heavy atom. The smallest absolute Gasteiger partial charge is 0.329 e. The molecule has 2 heterocycles. The molecule has 9 heteroatoms. The molecule has 1 aromatic heterocycles. The number of nitrogens with zero attached hydrogens (tertiary/aromatic N) is 3. The normalized spacial score (nSPS) is 20.1. The van der Waals surface area contributed by atoms with Gasteiger partial charge in [0.05, 0.1) is 25.0 Å². The molecule has 154 valence electrons. The second kappa shape index (κ2) is 7.52. The van der Waals surface area contributed by atoms with Crippen molar-refractivity contribution in [3.8, 4) is 11.8 Å². The molecule has 2 atom stereocenters. The molecule has 2 aliphatic rings. The number of fused-ring (bicyclic) bond motifs is 1. The van der Waals surface area contributed by atoms with E-state index in [2.05, 4.69) is 16.4 Å². The Balaban J connectivity index is 1.85. The van der Waals surface area contributed by atoms with Gasteiger partial charge < -0.3 is 15.0 Å². The first-order valence-corrected chi connectivity index (χ1v) is 9.84. The fraction of sp³-hybridized carbons (Fsp3) is 0.550. The van der Waals surface area contributed by atoms with E-state index in [4.69, 9.17) is 10.00 Å². The third kappa shape index (κ3) is 3.27. The van der Waals surface area contributed by atoms with Crippen molar-refractivity contribution >= 4 is 16.6 Å². The number of ether oxygens (including phenoxy) is 1. The van der Waals surface area contributed by atoms with Gasteiger partial charge in [-0.05, 0) is 38.3 Å². The van der Waals surface area contributed by atoms with Gasteiger partial charge in [0.15, 0.2) is 11.6 Å². The Kier molecular flexibility index (Phi) is 5.04. The standard InChI is InChI=1S/C20H24FN5O3/c1-23-15(5-7-22)11-6-8-25(10-11)17-14(21)9-13-16(18(17)29-2)26(12-3-4-12)20(28)24-19(13)27/h9,11-12,15,23H,3-6,8,10H2,1-2H3,(H,24,27,28). The summed E-state index contributed by atoms with van der Waals surface area (Å²) < 4.78 is 22.3. The lowest BCUT2D eigenvalue weighted by Gasteiger charge is -2.25. The number of benzene rings is 1. The average molecular weight is 401 g/mol. The van der Waals surface area contributed by atoms with Gasteiger partial charge in [-0.3, -0.25) is 14.3 Å². The highest BCUT2D eigenvalue weighted by Gasteiger charge is 2.34. The second-order valence-electron chi connectivity index (χ2n) is 7.75. The third-order valence-electron chi connectivity index (χ3n) is 6.02. The van der Waals surface area contributed by atoms with Crippen molar-refractivity contribution in [1.82, 2.24) is 14.9 Å². The predicted molar refractivity (Wildman–Crippen MR) is 107 cm³/mol. The summed E-state index contributed by atoms with van der Waals surface area (Å²) in [6, 6.07) is 3.40. The number of anilines is 1. The molecule has 1 aromatic carbocycles. The van der Waals surface area contributed by atoms with Crippen molar-refractivity contribution in [1.29, 1.82) is 5.26 Å². The van der Waals surface area contributed by atoms with Crippen LogP contribution in [-0.4, -0.2) is 42.8 Å². The lowest BCUT2D eigenvalue weighted by molar-refractivity contribution is 0.402. The fourth-order valence-corrected chi connectivity index (χ4v) is 4.44. The number of nitriles is 1. The van der Waals surface area contributed by atoms with Crippen LogP contribution in [-0.2, 0) is 0 Å². The van der Waals surface area contributed by atoms with Gasteiger partial charge in [-0.1, -0.05) is 0 Å². The Bertz CT molecular complexity index is 1100. The maximum Gasteiger partial charge on any atom is 0.329 e. The predicted octanol–water partition coefficient (Wildman–Crippen LogP) is 1.50. The van der Waals surface area contributed by atoms with Crippen molar-refractivity contribution < 1.29 is 9.13 Å². The van der Waals surface area contributed by atoms with Crippen LogP contribution in [0.5, 0.6) is 5.75 Å². The maximum absolute atomic E-state index is 15.2. The van der Waals surface area contributed by atoms with E-state index < -0.39 is 17.1 Å². The van der Waals surface area contributed by atoms with Crippen LogP contribution in [0.2, 0.25) is 0 Å². The number of rotatable bonds is 6. The second-order valence-corrected chi connectivity index (χ2v) is 7.75. The molecule has 1 aliphatic carbocycles. The highest BCUT2D eigenvalue weighted by Crippen LogP contribution is 2.43. The molecule has 2 unspecified atom stereocenters. The quantitative estimate of drug-likeness (QED) is 0.760. The van der Waals surface area contributed by atoms with Crippen LogP contribution in [0.15, 0.2) is 15.7 Å². The first-order chi connectivity index (χ1) is 14.0. The number of hydrogen-bond donors (Lipinski definition) is 2. The number of aromatic amines is 1. The summed E-state index contributed by atoms with van der Waals surface area (Å²) in [5.41, 5.74) is -0.488.